The molecule has 1 amide bonds. The van der Waals surface area contributed by atoms with Crippen molar-refractivity contribution in [1.82, 2.24) is 25.0 Å². The molecule has 5 heterocycles. The zero-order chi connectivity index (χ0) is 19.1. The third-order valence-electron chi connectivity index (χ3n) is 5.86. The van der Waals surface area contributed by atoms with Gasteiger partial charge in [-0.2, -0.15) is 4.98 Å². The standard InChI is InChI=1S/C21H21N5O2/c1-13-2-3-15(12-23-13)21(27)26-17-4-5-18(26)11-16(10-17)20-24-19(25-28-20)14-6-8-22-9-7-14/h2-3,6-9,12,16-18H,4-5,10-11H2,1H3/t16?,17-,18+. The van der Waals surface area contributed by atoms with Gasteiger partial charge < -0.3 is 9.42 Å². The highest BCUT2D eigenvalue weighted by atomic mass is 16.5. The van der Waals surface area contributed by atoms with Gasteiger partial charge in [0.1, 0.15) is 0 Å². The minimum absolute atomic E-state index is 0.0847. The number of amides is 1. The predicted molar refractivity (Wildman–Crippen MR) is 101 cm³/mol. The number of aryl methyl sites for hydroxylation is 1. The van der Waals surface area contributed by atoms with E-state index in [0.717, 1.165) is 36.9 Å². The third kappa shape index (κ3) is 2.96. The maximum Gasteiger partial charge on any atom is 0.255 e. The maximum atomic E-state index is 13.0. The fourth-order valence-electron chi connectivity index (χ4n) is 4.47. The van der Waals surface area contributed by atoms with E-state index in [1.54, 1.807) is 18.6 Å². The summed E-state index contributed by atoms with van der Waals surface area (Å²) >= 11 is 0. The third-order valence-corrected chi connectivity index (χ3v) is 5.86. The lowest BCUT2D eigenvalue weighted by molar-refractivity contribution is 0.0554. The van der Waals surface area contributed by atoms with Crippen LogP contribution in [0.1, 0.15) is 53.5 Å². The lowest BCUT2D eigenvalue weighted by Gasteiger charge is -2.37. The van der Waals surface area contributed by atoms with Crippen molar-refractivity contribution in [2.75, 3.05) is 0 Å². The number of hydrogen-bond donors (Lipinski definition) is 0. The zero-order valence-electron chi connectivity index (χ0n) is 15.7. The number of pyridine rings is 2. The molecule has 3 atom stereocenters. The van der Waals surface area contributed by atoms with Crippen LogP contribution in [0.25, 0.3) is 11.4 Å². The monoisotopic (exact) mass is 375 g/mol. The van der Waals surface area contributed by atoms with E-state index in [2.05, 4.69) is 25.0 Å². The Morgan fingerprint density at radius 2 is 1.86 bits per heavy atom. The summed E-state index contributed by atoms with van der Waals surface area (Å²) in [5.41, 5.74) is 2.48. The number of carbonyl (C=O) groups is 1. The molecule has 7 nitrogen and oxygen atoms in total. The molecule has 0 aromatic carbocycles. The first-order valence-electron chi connectivity index (χ1n) is 9.68. The van der Waals surface area contributed by atoms with Crippen molar-refractivity contribution in [3.05, 3.63) is 60.0 Å². The molecule has 1 unspecified atom stereocenters. The van der Waals surface area contributed by atoms with Gasteiger partial charge in [0.05, 0.1) is 5.56 Å². The summed E-state index contributed by atoms with van der Waals surface area (Å²) in [5, 5.41) is 4.14. The lowest BCUT2D eigenvalue weighted by Crippen LogP contribution is -2.46. The van der Waals surface area contributed by atoms with Crippen molar-refractivity contribution >= 4 is 5.91 Å². The quantitative estimate of drug-likeness (QED) is 0.698. The molecule has 2 aliphatic heterocycles. The number of fused-ring (bicyclic) bond motifs is 2. The van der Waals surface area contributed by atoms with Crippen LogP contribution in [0, 0.1) is 6.92 Å². The van der Waals surface area contributed by atoms with Crippen LogP contribution in [0.2, 0.25) is 0 Å². The molecule has 2 fully saturated rings. The lowest BCUT2D eigenvalue weighted by atomic mass is 9.90. The first-order chi connectivity index (χ1) is 13.7. The average molecular weight is 375 g/mol. The summed E-state index contributed by atoms with van der Waals surface area (Å²) in [6, 6.07) is 7.93. The number of piperidine rings is 1. The second-order valence-corrected chi connectivity index (χ2v) is 7.65. The highest BCUT2D eigenvalue weighted by molar-refractivity contribution is 5.94. The van der Waals surface area contributed by atoms with Crippen LogP contribution in [-0.4, -0.2) is 43.0 Å². The summed E-state index contributed by atoms with van der Waals surface area (Å²) in [6.07, 6.45) is 8.89. The molecule has 0 aliphatic carbocycles. The predicted octanol–water partition coefficient (Wildman–Crippen LogP) is 3.39. The van der Waals surface area contributed by atoms with E-state index >= 15 is 0 Å². The second-order valence-electron chi connectivity index (χ2n) is 7.65. The summed E-state index contributed by atoms with van der Waals surface area (Å²) in [5.74, 6) is 1.55. The zero-order valence-corrected chi connectivity index (χ0v) is 15.7. The molecule has 0 saturated carbocycles. The van der Waals surface area contributed by atoms with Gasteiger partial charge >= 0.3 is 0 Å². The minimum atomic E-state index is 0.0847. The van der Waals surface area contributed by atoms with Gasteiger partial charge in [0.2, 0.25) is 11.7 Å². The second kappa shape index (κ2) is 6.82. The Bertz CT molecular complexity index is 972. The molecule has 2 aliphatic rings. The molecular weight excluding hydrogens is 354 g/mol. The normalized spacial score (nSPS) is 23.8. The first kappa shape index (κ1) is 17.0. The van der Waals surface area contributed by atoms with Crippen molar-refractivity contribution in [1.29, 1.82) is 0 Å². The van der Waals surface area contributed by atoms with E-state index in [0.29, 0.717) is 17.3 Å². The molecule has 2 bridgehead atoms. The molecule has 3 aromatic rings. The molecule has 2 saturated heterocycles. The average Bonchev–Trinajstić information content (AvgIpc) is 3.32. The minimum Gasteiger partial charge on any atom is -0.339 e. The van der Waals surface area contributed by atoms with Crippen molar-refractivity contribution in [2.45, 2.75) is 50.6 Å². The van der Waals surface area contributed by atoms with Crippen LogP contribution in [0.4, 0.5) is 0 Å². The Labute approximate surface area is 162 Å². The van der Waals surface area contributed by atoms with E-state index < -0.39 is 0 Å². The summed E-state index contributed by atoms with van der Waals surface area (Å²) in [7, 11) is 0. The van der Waals surface area contributed by atoms with E-state index in [9.17, 15) is 4.79 Å². The van der Waals surface area contributed by atoms with E-state index in [4.69, 9.17) is 4.52 Å². The largest absolute Gasteiger partial charge is 0.339 e. The summed E-state index contributed by atoms with van der Waals surface area (Å²) in [6.45, 7) is 1.92. The van der Waals surface area contributed by atoms with Gasteiger partial charge in [-0.15, -0.1) is 0 Å². The van der Waals surface area contributed by atoms with Gasteiger partial charge in [-0.3, -0.25) is 14.8 Å². The van der Waals surface area contributed by atoms with Gasteiger partial charge in [-0.25, -0.2) is 0 Å². The maximum absolute atomic E-state index is 13.0. The van der Waals surface area contributed by atoms with Crippen molar-refractivity contribution in [3.63, 3.8) is 0 Å². The fourth-order valence-corrected chi connectivity index (χ4v) is 4.47. The highest BCUT2D eigenvalue weighted by Gasteiger charge is 2.45. The van der Waals surface area contributed by atoms with Crippen molar-refractivity contribution in [3.8, 4) is 11.4 Å². The van der Waals surface area contributed by atoms with Gasteiger partial charge in [-0.05, 0) is 56.9 Å². The fraction of sp³-hybridized carbons (Fsp3) is 0.381. The molecule has 5 rings (SSSR count). The van der Waals surface area contributed by atoms with Gasteiger partial charge in [0, 0.05) is 47.8 Å². The molecule has 0 N–H and O–H groups in total. The van der Waals surface area contributed by atoms with E-state index in [1.165, 1.54) is 0 Å². The van der Waals surface area contributed by atoms with Gasteiger partial charge in [-0.1, -0.05) is 5.16 Å². The Balaban J connectivity index is 1.34. The molecule has 0 radical (unpaired) electrons. The van der Waals surface area contributed by atoms with E-state index in [-0.39, 0.29) is 23.9 Å². The Kier molecular flexibility index (Phi) is 4.15. The summed E-state index contributed by atoms with van der Waals surface area (Å²) in [4.78, 5) is 28.0. The van der Waals surface area contributed by atoms with Gasteiger partial charge in [0.15, 0.2) is 0 Å². The first-order valence-corrected chi connectivity index (χ1v) is 9.68. The number of aromatic nitrogens is 4. The van der Waals surface area contributed by atoms with Gasteiger partial charge in [0.25, 0.3) is 5.91 Å². The SMILES string of the molecule is Cc1ccc(C(=O)N2[C@@H]3CC[C@H]2CC(c2nc(-c4ccncc4)no2)C3)cn1. The van der Waals surface area contributed by atoms with Crippen LogP contribution in [0.3, 0.4) is 0 Å². The number of nitrogens with zero attached hydrogens (tertiary/aromatic N) is 5. The number of carbonyl (C=O) groups excluding carboxylic acids is 1. The Hall–Kier alpha value is -3.09. The smallest absolute Gasteiger partial charge is 0.255 e. The molecule has 7 heteroatoms. The molecule has 0 spiro atoms. The molecule has 28 heavy (non-hydrogen) atoms. The Morgan fingerprint density at radius 1 is 1.11 bits per heavy atom. The number of rotatable bonds is 3. The highest BCUT2D eigenvalue weighted by Crippen LogP contribution is 2.43. The van der Waals surface area contributed by atoms with Crippen LogP contribution >= 0.6 is 0 Å². The van der Waals surface area contributed by atoms with Crippen LogP contribution in [-0.2, 0) is 0 Å². The van der Waals surface area contributed by atoms with E-state index in [1.807, 2.05) is 31.2 Å². The summed E-state index contributed by atoms with van der Waals surface area (Å²) < 4.78 is 5.58. The Morgan fingerprint density at radius 3 is 2.54 bits per heavy atom. The molecule has 142 valence electrons. The van der Waals surface area contributed by atoms with Crippen LogP contribution in [0.5, 0.6) is 0 Å². The van der Waals surface area contributed by atoms with Crippen LogP contribution < -0.4 is 0 Å². The topological polar surface area (TPSA) is 85.0 Å². The number of hydrogen-bond acceptors (Lipinski definition) is 6. The van der Waals surface area contributed by atoms with Crippen LogP contribution in [0.15, 0.2) is 47.4 Å². The van der Waals surface area contributed by atoms with Crippen molar-refractivity contribution in [2.24, 2.45) is 0 Å². The molecule has 3 aromatic heterocycles. The van der Waals surface area contributed by atoms with Crippen molar-refractivity contribution < 1.29 is 9.32 Å². The molecular formula is C21H21N5O2.